The van der Waals surface area contributed by atoms with Crippen LogP contribution in [0, 0.1) is 0 Å². The second-order valence-corrected chi connectivity index (χ2v) is 6.59. The number of nitrogens with zero attached hydrogens (tertiary/aromatic N) is 1. The molecule has 1 aromatic carbocycles. The molecule has 0 saturated heterocycles. The monoisotopic (exact) mass is 321 g/mol. The summed E-state index contributed by atoms with van der Waals surface area (Å²) < 4.78 is 0.547. The number of amides is 1. The van der Waals surface area contributed by atoms with Crippen LogP contribution in [-0.2, 0) is 11.3 Å². The molecule has 1 aliphatic heterocycles. The van der Waals surface area contributed by atoms with Crippen molar-refractivity contribution < 1.29 is 14.7 Å². The first kappa shape index (κ1) is 14.1. The molecule has 1 atom stereocenters. The van der Waals surface area contributed by atoms with E-state index in [-0.39, 0.29) is 12.5 Å². The van der Waals surface area contributed by atoms with E-state index in [1.54, 1.807) is 17.0 Å². The lowest BCUT2D eigenvalue weighted by Gasteiger charge is -2.32. The minimum Gasteiger partial charge on any atom is -0.481 e. The Kier molecular flexibility index (Phi) is 3.69. The highest BCUT2D eigenvalue weighted by Crippen LogP contribution is 2.31. The summed E-state index contributed by atoms with van der Waals surface area (Å²) in [5.41, 5.74) is 1.67. The normalized spacial score (nSPS) is 17.4. The van der Waals surface area contributed by atoms with Crippen LogP contribution in [0.2, 0.25) is 4.34 Å². The molecule has 1 N–H and O–H groups in total. The second-order valence-electron chi connectivity index (χ2n) is 4.88. The largest absolute Gasteiger partial charge is 0.481 e. The number of thiophene rings is 1. The number of benzene rings is 1. The molecule has 2 heterocycles. The van der Waals surface area contributed by atoms with E-state index in [9.17, 15) is 14.7 Å². The average Bonchev–Trinajstić information content (AvgIpc) is 2.91. The molecule has 1 amide bonds. The third-order valence-electron chi connectivity index (χ3n) is 3.56. The molecule has 3 rings (SSSR count). The van der Waals surface area contributed by atoms with Gasteiger partial charge in [-0.3, -0.25) is 9.59 Å². The van der Waals surface area contributed by atoms with E-state index in [2.05, 4.69) is 0 Å². The van der Waals surface area contributed by atoms with Gasteiger partial charge in [-0.15, -0.1) is 11.3 Å². The van der Waals surface area contributed by atoms with E-state index in [4.69, 9.17) is 11.6 Å². The van der Waals surface area contributed by atoms with Crippen molar-refractivity contribution in [2.45, 2.75) is 12.5 Å². The molecular weight excluding hydrogens is 310 g/mol. The van der Waals surface area contributed by atoms with Crippen molar-refractivity contribution in [3.8, 4) is 0 Å². The van der Waals surface area contributed by atoms with E-state index in [0.717, 1.165) is 11.1 Å². The van der Waals surface area contributed by atoms with Gasteiger partial charge in [0.25, 0.3) is 5.91 Å². The fourth-order valence-corrected chi connectivity index (χ4v) is 3.57. The summed E-state index contributed by atoms with van der Waals surface area (Å²) in [7, 11) is 0. The lowest BCUT2D eigenvalue weighted by Crippen LogP contribution is -2.40. The maximum Gasteiger partial charge on any atom is 0.312 e. The Morgan fingerprint density at radius 1 is 1.24 bits per heavy atom. The summed E-state index contributed by atoms with van der Waals surface area (Å²) in [6, 6.07) is 10.7. The molecule has 4 nitrogen and oxygen atoms in total. The summed E-state index contributed by atoms with van der Waals surface area (Å²) in [5, 5.41) is 9.40. The Balaban J connectivity index is 1.93. The zero-order valence-electron chi connectivity index (χ0n) is 11.0. The molecule has 0 radical (unpaired) electrons. The molecule has 0 bridgehead atoms. The predicted octanol–water partition coefficient (Wildman–Crippen LogP) is 3.23. The fourth-order valence-electron chi connectivity index (χ4n) is 2.56. The number of carbonyl (C=O) groups is 2. The van der Waals surface area contributed by atoms with Gasteiger partial charge >= 0.3 is 5.97 Å². The number of carbonyl (C=O) groups excluding carboxylic acids is 1. The van der Waals surface area contributed by atoms with Crippen molar-refractivity contribution in [1.82, 2.24) is 4.90 Å². The predicted molar refractivity (Wildman–Crippen MR) is 80.9 cm³/mol. The van der Waals surface area contributed by atoms with Gasteiger partial charge in [-0.05, 0) is 23.3 Å². The lowest BCUT2D eigenvalue weighted by molar-refractivity contribution is -0.139. The zero-order valence-corrected chi connectivity index (χ0v) is 12.5. The van der Waals surface area contributed by atoms with Crippen molar-refractivity contribution in [1.29, 1.82) is 0 Å². The molecule has 108 valence electrons. The highest BCUT2D eigenvalue weighted by molar-refractivity contribution is 7.17. The van der Waals surface area contributed by atoms with Crippen molar-refractivity contribution in [3.63, 3.8) is 0 Å². The van der Waals surface area contributed by atoms with Gasteiger partial charge in [0.05, 0.1) is 15.1 Å². The maximum absolute atomic E-state index is 12.5. The molecule has 6 heteroatoms. The summed E-state index contributed by atoms with van der Waals surface area (Å²) in [6.07, 6.45) is 0. The van der Waals surface area contributed by atoms with Crippen LogP contribution in [0.5, 0.6) is 0 Å². The molecule has 1 aromatic heterocycles. The summed E-state index contributed by atoms with van der Waals surface area (Å²) in [5.74, 6) is -1.77. The first-order chi connectivity index (χ1) is 10.1. The average molecular weight is 322 g/mol. The van der Waals surface area contributed by atoms with Crippen molar-refractivity contribution in [3.05, 3.63) is 56.7 Å². The number of hydrogen-bond donors (Lipinski definition) is 1. The molecule has 1 aliphatic rings. The maximum atomic E-state index is 12.5. The fraction of sp³-hybridized carbons (Fsp3) is 0.200. The van der Waals surface area contributed by atoms with Crippen LogP contribution in [0.25, 0.3) is 0 Å². The Labute approximate surface area is 130 Å². The van der Waals surface area contributed by atoms with Gasteiger partial charge in [0.2, 0.25) is 0 Å². The molecule has 0 spiro atoms. The van der Waals surface area contributed by atoms with Crippen molar-refractivity contribution in [2.24, 2.45) is 0 Å². The molecule has 0 fully saturated rings. The number of aliphatic carboxylic acids is 1. The van der Waals surface area contributed by atoms with Crippen LogP contribution in [0.3, 0.4) is 0 Å². The van der Waals surface area contributed by atoms with E-state index in [1.165, 1.54) is 11.3 Å². The minimum atomic E-state index is -0.913. The van der Waals surface area contributed by atoms with Crippen molar-refractivity contribution >= 4 is 34.8 Å². The second kappa shape index (κ2) is 5.50. The molecular formula is C15H12ClNO3S. The summed E-state index contributed by atoms with van der Waals surface area (Å²) >= 11 is 7.06. The molecule has 0 saturated carbocycles. The number of halogens is 1. The minimum absolute atomic E-state index is 0.173. The smallest absolute Gasteiger partial charge is 0.312 e. The van der Waals surface area contributed by atoms with Gasteiger partial charge in [-0.2, -0.15) is 0 Å². The highest BCUT2D eigenvalue weighted by Gasteiger charge is 2.33. The third kappa shape index (κ3) is 2.66. The van der Waals surface area contributed by atoms with Gasteiger partial charge in [0.1, 0.15) is 0 Å². The Morgan fingerprint density at radius 3 is 2.67 bits per heavy atom. The first-order valence-corrected chi connectivity index (χ1v) is 7.61. The molecule has 1 unspecified atom stereocenters. The highest BCUT2D eigenvalue weighted by atomic mass is 35.5. The summed E-state index contributed by atoms with van der Waals surface area (Å²) in [4.78, 5) is 26.0. The van der Waals surface area contributed by atoms with Gasteiger partial charge < -0.3 is 10.0 Å². The van der Waals surface area contributed by atoms with Crippen LogP contribution in [-0.4, -0.2) is 28.4 Å². The Morgan fingerprint density at radius 2 is 2.00 bits per heavy atom. The van der Waals surface area contributed by atoms with Gasteiger partial charge in [-0.25, -0.2) is 0 Å². The van der Waals surface area contributed by atoms with Crippen molar-refractivity contribution in [2.75, 3.05) is 6.54 Å². The topological polar surface area (TPSA) is 57.6 Å². The SMILES string of the molecule is O=C(O)C1CN(C(=O)c2ccc(Cl)s2)Cc2ccccc21. The first-order valence-electron chi connectivity index (χ1n) is 6.41. The van der Waals surface area contributed by atoms with Crippen LogP contribution in [0.4, 0.5) is 0 Å². The van der Waals surface area contributed by atoms with E-state index >= 15 is 0 Å². The summed E-state index contributed by atoms with van der Waals surface area (Å²) in [6.45, 7) is 0.606. The number of fused-ring (bicyclic) bond motifs is 1. The Hall–Kier alpha value is -1.85. The quantitative estimate of drug-likeness (QED) is 0.924. The standard InChI is InChI=1S/C15H12ClNO3S/c16-13-6-5-12(21-13)14(18)17-7-9-3-1-2-4-10(9)11(8-17)15(19)20/h1-6,11H,7-8H2,(H,19,20). The number of rotatable bonds is 2. The van der Waals surface area contributed by atoms with Gasteiger partial charge in [0, 0.05) is 13.1 Å². The third-order valence-corrected chi connectivity index (χ3v) is 4.78. The number of carboxylic acid groups (broad SMARTS) is 1. The number of hydrogen-bond acceptors (Lipinski definition) is 3. The number of carboxylic acids is 1. The zero-order chi connectivity index (χ0) is 15.0. The molecule has 2 aromatic rings. The van der Waals surface area contributed by atoms with Crippen LogP contribution in [0.15, 0.2) is 36.4 Å². The van der Waals surface area contributed by atoms with Gasteiger partial charge in [-0.1, -0.05) is 35.9 Å². The Bertz CT molecular complexity index is 712. The van der Waals surface area contributed by atoms with E-state index in [0.29, 0.717) is 15.8 Å². The van der Waals surface area contributed by atoms with E-state index < -0.39 is 11.9 Å². The lowest BCUT2D eigenvalue weighted by atomic mass is 9.90. The molecule has 21 heavy (non-hydrogen) atoms. The van der Waals surface area contributed by atoms with Crippen LogP contribution < -0.4 is 0 Å². The molecule has 0 aliphatic carbocycles. The van der Waals surface area contributed by atoms with Crippen LogP contribution in [0.1, 0.15) is 26.7 Å². The van der Waals surface area contributed by atoms with E-state index in [1.807, 2.05) is 24.3 Å². The van der Waals surface area contributed by atoms with Gasteiger partial charge in [0.15, 0.2) is 0 Å². The van der Waals surface area contributed by atoms with Crippen LogP contribution >= 0.6 is 22.9 Å².